The molecule has 0 aliphatic rings. The van der Waals surface area contributed by atoms with Gasteiger partial charge in [0.15, 0.2) is 0 Å². The Kier molecular flexibility index (Phi) is 10.9. The third kappa shape index (κ3) is 7.69. The molecule has 2 heterocycles. The molecular weight excluding hydrogens is 945 g/mol. The molecule has 0 bridgehead atoms. The van der Waals surface area contributed by atoms with Crippen molar-refractivity contribution in [3.05, 3.63) is 215 Å². The molecule has 11 rings (SSSR count). The molecule has 0 amide bonds. The Morgan fingerprint density at radius 2 is 0.743 bits per heavy atom. The van der Waals surface area contributed by atoms with E-state index in [1.54, 1.807) is 42.5 Å². The minimum Gasteiger partial charge on any atom is -0.309 e. The van der Waals surface area contributed by atoms with E-state index in [0.29, 0.717) is 84.5 Å². The van der Waals surface area contributed by atoms with E-state index in [1.165, 1.54) is 30.3 Å². The summed E-state index contributed by atoms with van der Waals surface area (Å²) in [6.45, 7) is 0. The van der Waals surface area contributed by atoms with Crippen LogP contribution in [0.2, 0.25) is 0 Å². The zero-order chi connectivity index (χ0) is 51.6. The molecule has 0 aliphatic carbocycles. The van der Waals surface area contributed by atoms with E-state index in [0.717, 1.165) is 27.6 Å². The van der Waals surface area contributed by atoms with Crippen LogP contribution in [-0.4, -0.2) is 9.13 Å². The monoisotopic (exact) mass is 973 g/mol. The Labute approximate surface area is 417 Å². The van der Waals surface area contributed by atoms with Gasteiger partial charge in [0.25, 0.3) is 0 Å². The third-order valence-electron chi connectivity index (χ3n) is 13.3. The second-order valence-electron chi connectivity index (χ2n) is 17.5. The topological polar surface area (TPSA) is 129 Å². The third-order valence-corrected chi connectivity index (χ3v) is 13.3. The van der Waals surface area contributed by atoms with Gasteiger partial charge in [-0.2, -0.15) is 52.7 Å². The van der Waals surface area contributed by atoms with Crippen LogP contribution in [0.5, 0.6) is 0 Å². The van der Waals surface area contributed by atoms with Crippen molar-refractivity contribution in [2.75, 3.05) is 0 Å². The maximum absolute atomic E-state index is 15.0. The predicted molar refractivity (Wildman–Crippen MR) is 270 cm³/mol. The summed E-state index contributed by atoms with van der Waals surface area (Å²) in [5.74, 6) is 0. The lowest BCUT2D eigenvalue weighted by atomic mass is 9.90. The summed E-state index contributed by atoms with van der Waals surface area (Å²) in [6.07, 6.45) is -10.4. The van der Waals surface area contributed by atoms with E-state index in [9.17, 15) is 52.7 Å². The van der Waals surface area contributed by atoms with Crippen molar-refractivity contribution in [1.29, 1.82) is 26.3 Å². The molecule has 0 saturated carbocycles. The number of alkyl halides is 6. The summed E-state index contributed by atoms with van der Waals surface area (Å²) in [5, 5.41) is 52.5. The maximum Gasteiger partial charge on any atom is 0.417 e. The zero-order valence-electron chi connectivity index (χ0n) is 38.1. The van der Waals surface area contributed by atoms with Crippen molar-refractivity contribution in [2.45, 2.75) is 12.4 Å². The van der Waals surface area contributed by atoms with Gasteiger partial charge in [0.1, 0.15) is 0 Å². The number of halogens is 6. The molecule has 350 valence electrons. The summed E-state index contributed by atoms with van der Waals surface area (Å²) in [5.41, 5.74) is 3.48. The van der Waals surface area contributed by atoms with Crippen molar-refractivity contribution in [3.63, 3.8) is 0 Å². The predicted octanol–water partition coefficient (Wildman–Crippen LogP) is 15.9. The first-order valence-corrected chi connectivity index (χ1v) is 22.7. The number of fused-ring (bicyclic) bond motifs is 6. The van der Waals surface area contributed by atoms with E-state index in [1.807, 2.05) is 94.1 Å². The van der Waals surface area contributed by atoms with Gasteiger partial charge in [-0.3, -0.25) is 0 Å². The Hall–Kier alpha value is -10.4. The van der Waals surface area contributed by atoms with Crippen molar-refractivity contribution >= 4 is 43.6 Å². The van der Waals surface area contributed by atoms with Crippen LogP contribution in [0.15, 0.2) is 176 Å². The Morgan fingerprint density at radius 3 is 1.20 bits per heavy atom. The average molecular weight is 974 g/mol. The second-order valence-corrected chi connectivity index (χ2v) is 17.5. The van der Waals surface area contributed by atoms with E-state index >= 15 is 0 Å². The van der Waals surface area contributed by atoms with Crippen LogP contribution in [0.1, 0.15) is 38.9 Å². The number of rotatable bonds is 6. The quantitative estimate of drug-likeness (QED) is 0.153. The number of nitrogens with zero attached hydrogens (tertiary/aromatic N) is 7. The molecule has 2 aromatic heterocycles. The average Bonchev–Trinajstić information content (AvgIpc) is 3.97. The highest BCUT2D eigenvalue weighted by Gasteiger charge is 2.41. The number of hydrogen-bond donors (Lipinski definition) is 0. The smallest absolute Gasteiger partial charge is 0.309 e. The number of para-hydroxylation sites is 2. The fourth-order valence-electron chi connectivity index (χ4n) is 10.1. The van der Waals surface area contributed by atoms with Crippen LogP contribution >= 0.6 is 0 Å². The van der Waals surface area contributed by atoms with Crippen molar-refractivity contribution in [3.8, 4) is 86.2 Å². The Balaban J connectivity index is 1.24. The molecule has 7 nitrogen and oxygen atoms in total. The van der Waals surface area contributed by atoms with Gasteiger partial charge in [0.2, 0.25) is 0 Å². The van der Waals surface area contributed by atoms with Crippen molar-refractivity contribution < 1.29 is 26.3 Å². The number of aromatic nitrogens is 2. The SMILES string of the molecule is N#Cc1cc(C#N)cc(-c2ccc3c(c2)c2ccccc2n3-c2ccc(-c3c(C(F)(F)F)cccc3C(F)(F)F)cc2-c2ccc(C#N)cc2-n2c3ccccc3c3cc(-c4cc(C#N)cc(C#N)c4)ccc32)c1. The van der Waals surface area contributed by atoms with Crippen LogP contribution in [0.25, 0.3) is 99.5 Å². The number of nitriles is 5. The molecule has 0 saturated heterocycles. The highest BCUT2D eigenvalue weighted by Crippen LogP contribution is 2.48. The van der Waals surface area contributed by atoms with Crippen LogP contribution in [0, 0.1) is 56.7 Å². The molecule has 0 fully saturated rings. The first-order chi connectivity index (χ1) is 35.7. The van der Waals surface area contributed by atoms with Gasteiger partial charge < -0.3 is 9.13 Å². The molecular formula is C61H29F6N7. The maximum atomic E-state index is 15.0. The largest absolute Gasteiger partial charge is 0.417 e. The standard InChI is InChI=1S/C61H29F6N7/c62-60(63,64)51-8-5-9-52(61(65,66)67)59(51)42-15-19-56(73-53-10-3-1-6-45(53)48-27-40(13-17-55(48)73)43-22-36(31-69)20-37(23-43)32-70)50(29-42)47-16-12-35(30-68)26-58(47)74-54-11-4-2-7-46(54)49-28-41(14-18-57(49)74)44-24-38(33-71)21-39(25-44)34-72/h1-29H. The van der Waals surface area contributed by atoms with E-state index < -0.39 is 29.0 Å². The highest BCUT2D eigenvalue weighted by molar-refractivity contribution is 6.13. The molecule has 0 radical (unpaired) electrons. The van der Waals surface area contributed by atoms with E-state index in [-0.39, 0.29) is 27.8 Å². The first kappa shape index (κ1) is 46.0. The fraction of sp³-hybridized carbons (Fsp3) is 0.0328. The zero-order valence-corrected chi connectivity index (χ0v) is 38.1. The summed E-state index contributed by atoms with van der Waals surface area (Å²) >= 11 is 0. The summed E-state index contributed by atoms with van der Waals surface area (Å²) in [7, 11) is 0. The number of hydrogen-bond acceptors (Lipinski definition) is 5. The van der Waals surface area contributed by atoms with Gasteiger partial charge in [-0.25, -0.2) is 0 Å². The molecule has 0 spiro atoms. The minimum atomic E-state index is -5.19. The lowest BCUT2D eigenvalue weighted by molar-refractivity contribution is -0.142. The van der Waals surface area contributed by atoms with Gasteiger partial charge in [-0.05, 0) is 137 Å². The molecule has 9 aromatic carbocycles. The van der Waals surface area contributed by atoms with Gasteiger partial charge in [0, 0.05) is 38.2 Å². The number of benzene rings is 9. The van der Waals surface area contributed by atoms with Crippen LogP contribution in [0.4, 0.5) is 26.3 Å². The van der Waals surface area contributed by atoms with Gasteiger partial charge in [-0.15, -0.1) is 0 Å². The van der Waals surface area contributed by atoms with Crippen LogP contribution in [0.3, 0.4) is 0 Å². The van der Waals surface area contributed by atoms with Crippen molar-refractivity contribution in [2.24, 2.45) is 0 Å². The van der Waals surface area contributed by atoms with E-state index in [2.05, 4.69) is 30.3 Å². The lowest BCUT2D eigenvalue weighted by Crippen LogP contribution is -2.14. The molecule has 0 unspecified atom stereocenters. The normalized spacial score (nSPS) is 11.6. The highest BCUT2D eigenvalue weighted by atomic mass is 19.4. The summed E-state index contributed by atoms with van der Waals surface area (Å²) in [4.78, 5) is 0. The molecule has 74 heavy (non-hydrogen) atoms. The lowest BCUT2D eigenvalue weighted by Gasteiger charge is -2.22. The first-order valence-electron chi connectivity index (χ1n) is 22.7. The Morgan fingerprint density at radius 1 is 0.311 bits per heavy atom. The molecule has 0 aliphatic heterocycles. The van der Waals surface area contributed by atoms with Crippen molar-refractivity contribution in [1.82, 2.24) is 9.13 Å². The molecule has 13 heteroatoms. The van der Waals surface area contributed by atoms with Gasteiger partial charge in [0.05, 0.1) is 103 Å². The van der Waals surface area contributed by atoms with Gasteiger partial charge >= 0.3 is 12.4 Å². The van der Waals surface area contributed by atoms with Crippen LogP contribution < -0.4 is 0 Å². The summed E-state index contributed by atoms with van der Waals surface area (Å²) < 4.78 is 93.8. The fourth-order valence-corrected chi connectivity index (χ4v) is 10.1. The Bertz CT molecular complexity index is 4330. The molecule has 11 aromatic rings. The molecule has 0 N–H and O–H groups in total. The molecule has 0 atom stereocenters. The van der Waals surface area contributed by atoms with Gasteiger partial charge in [-0.1, -0.05) is 66.7 Å². The van der Waals surface area contributed by atoms with Crippen LogP contribution in [-0.2, 0) is 12.4 Å². The second kappa shape index (κ2) is 17.5. The minimum absolute atomic E-state index is 0.215. The summed E-state index contributed by atoms with van der Waals surface area (Å²) in [6, 6.07) is 57.3. The van der Waals surface area contributed by atoms with E-state index in [4.69, 9.17) is 0 Å².